The van der Waals surface area contributed by atoms with Crippen LogP contribution >= 0.6 is 0 Å². The van der Waals surface area contributed by atoms with Gasteiger partial charge in [-0.1, -0.05) is 55.5 Å². The summed E-state index contributed by atoms with van der Waals surface area (Å²) in [6.45, 7) is 9.83. The Morgan fingerprint density at radius 2 is 1.62 bits per heavy atom. The first-order valence-electron chi connectivity index (χ1n) is 7.01. The van der Waals surface area contributed by atoms with Crippen molar-refractivity contribution in [2.24, 2.45) is 0 Å². The minimum absolute atomic E-state index is 0.241. The predicted octanol–water partition coefficient (Wildman–Crippen LogP) is 4.74. The Bertz CT molecular complexity index is 636. The van der Waals surface area contributed by atoms with Gasteiger partial charge in [-0.25, -0.2) is 0 Å². The van der Waals surface area contributed by atoms with Crippen molar-refractivity contribution in [3.8, 4) is 5.75 Å². The van der Waals surface area contributed by atoms with E-state index in [0.29, 0.717) is 5.75 Å². The number of carbonyl (C=O) groups excluding carboxylic acids is 1. The normalized spacial score (nSPS) is 11.8. The third-order valence-corrected chi connectivity index (χ3v) is 3.59. The molecular formula is C19H20O2. The lowest BCUT2D eigenvalue weighted by atomic mass is 9.89. The number of benzene rings is 2. The highest BCUT2D eigenvalue weighted by molar-refractivity contribution is 5.71. The van der Waals surface area contributed by atoms with Crippen LogP contribution in [-0.4, -0.2) is 5.97 Å². The maximum absolute atomic E-state index is 10.9. The molecule has 0 aliphatic rings. The molecule has 2 aromatic rings. The zero-order chi connectivity index (χ0) is 15.4. The Kier molecular flexibility index (Phi) is 4.59. The first kappa shape index (κ1) is 15.0. The lowest BCUT2D eigenvalue weighted by Gasteiger charge is -2.16. The summed E-state index contributed by atoms with van der Waals surface area (Å²) in [5.41, 5.74) is 4.60. The van der Waals surface area contributed by atoms with Crippen molar-refractivity contribution in [1.29, 1.82) is 0 Å². The number of ether oxygens (including phenoxy) is 1. The SMILES string of the molecule is C=C(c1ccc(OC(C)=O)cc1)C(C)c1ccc(C)cc1. The maximum Gasteiger partial charge on any atom is 0.308 e. The average molecular weight is 280 g/mol. The lowest BCUT2D eigenvalue weighted by Crippen LogP contribution is -2.01. The quantitative estimate of drug-likeness (QED) is 0.597. The molecule has 0 N–H and O–H groups in total. The van der Waals surface area contributed by atoms with Gasteiger partial charge in [0.05, 0.1) is 0 Å². The van der Waals surface area contributed by atoms with Gasteiger partial charge < -0.3 is 4.74 Å². The smallest absolute Gasteiger partial charge is 0.308 e. The molecule has 2 aromatic carbocycles. The van der Waals surface area contributed by atoms with Crippen LogP contribution < -0.4 is 4.74 Å². The van der Waals surface area contributed by atoms with Crippen molar-refractivity contribution in [3.05, 3.63) is 71.8 Å². The van der Waals surface area contributed by atoms with Gasteiger partial charge in [-0.3, -0.25) is 4.79 Å². The number of allylic oxidation sites excluding steroid dienone is 1. The van der Waals surface area contributed by atoms with Crippen LogP contribution in [-0.2, 0) is 4.79 Å². The number of aryl methyl sites for hydroxylation is 1. The summed E-state index contributed by atoms with van der Waals surface area (Å²) in [6, 6.07) is 16.0. The fourth-order valence-electron chi connectivity index (χ4n) is 2.21. The van der Waals surface area contributed by atoms with Gasteiger partial charge in [-0.05, 0) is 35.8 Å². The Balaban J connectivity index is 2.15. The minimum Gasteiger partial charge on any atom is -0.427 e. The highest BCUT2D eigenvalue weighted by atomic mass is 16.5. The van der Waals surface area contributed by atoms with E-state index < -0.39 is 0 Å². The summed E-state index contributed by atoms with van der Waals surface area (Å²) < 4.78 is 5.04. The number of hydrogen-bond acceptors (Lipinski definition) is 2. The predicted molar refractivity (Wildman–Crippen MR) is 86.4 cm³/mol. The zero-order valence-corrected chi connectivity index (χ0v) is 12.7. The number of esters is 1. The molecule has 0 heterocycles. The highest BCUT2D eigenvalue weighted by Gasteiger charge is 2.11. The third-order valence-electron chi connectivity index (χ3n) is 3.59. The van der Waals surface area contributed by atoms with Crippen LogP contribution in [0.25, 0.3) is 5.57 Å². The maximum atomic E-state index is 10.9. The fraction of sp³-hybridized carbons (Fsp3) is 0.211. The second-order valence-electron chi connectivity index (χ2n) is 5.28. The van der Waals surface area contributed by atoms with Gasteiger partial charge in [0, 0.05) is 12.8 Å². The standard InChI is InChI=1S/C19H20O2/c1-13-5-7-17(8-6-13)14(2)15(3)18-9-11-19(12-10-18)21-16(4)20/h5-12,14H,3H2,1-2,4H3. The monoisotopic (exact) mass is 280 g/mol. The molecule has 0 bridgehead atoms. The molecular weight excluding hydrogens is 260 g/mol. The van der Waals surface area contributed by atoms with Crippen LogP contribution in [0.3, 0.4) is 0 Å². The average Bonchev–Trinajstić information content (AvgIpc) is 2.47. The molecule has 0 fully saturated rings. The van der Waals surface area contributed by atoms with Crippen LogP contribution in [0, 0.1) is 6.92 Å². The molecule has 0 amide bonds. The first-order chi connectivity index (χ1) is 9.97. The molecule has 0 aliphatic heterocycles. The molecule has 2 nitrogen and oxygen atoms in total. The van der Waals surface area contributed by atoms with Gasteiger partial charge in [0.25, 0.3) is 0 Å². The second-order valence-corrected chi connectivity index (χ2v) is 5.28. The number of hydrogen-bond donors (Lipinski definition) is 0. The summed E-state index contributed by atoms with van der Waals surface area (Å²) >= 11 is 0. The summed E-state index contributed by atoms with van der Waals surface area (Å²) in [5, 5.41) is 0. The molecule has 0 saturated carbocycles. The van der Waals surface area contributed by atoms with E-state index in [-0.39, 0.29) is 11.9 Å². The van der Waals surface area contributed by atoms with E-state index in [9.17, 15) is 4.79 Å². The summed E-state index contributed by atoms with van der Waals surface area (Å²) in [7, 11) is 0. The van der Waals surface area contributed by atoms with Gasteiger partial charge >= 0.3 is 5.97 Å². The molecule has 0 saturated heterocycles. The Morgan fingerprint density at radius 3 is 2.14 bits per heavy atom. The van der Waals surface area contributed by atoms with Gasteiger partial charge in [0.2, 0.25) is 0 Å². The van der Waals surface area contributed by atoms with Crippen molar-refractivity contribution in [2.75, 3.05) is 0 Å². The summed E-state index contributed by atoms with van der Waals surface area (Å²) in [6.07, 6.45) is 0. The van der Waals surface area contributed by atoms with E-state index in [4.69, 9.17) is 4.74 Å². The second kappa shape index (κ2) is 6.40. The molecule has 21 heavy (non-hydrogen) atoms. The van der Waals surface area contributed by atoms with Crippen LogP contribution in [0.4, 0.5) is 0 Å². The minimum atomic E-state index is -0.311. The summed E-state index contributed by atoms with van der Waals surface area (Å²) in [4.78, 5) is 10.9. The van der Waals surface area contributed by atoms with Crippen LogP contribution in [0.2, 0.25) is 0 Å². The van der Waals surface area contributed by atoms with Crippen LogP contribution in [0.5, 0.6) is 5.75 Å². The molecule has 108 valence electrons. The molecule has 0 radical (unpaired) electrons. The molecule has 0 aliphatic carbocycles. The zero-order valence-electron chi connectivity index (χ0n) is 12.7. The molecule has 0 aromatic heterocycles. The van der Waals surface area contributed by atoms with Crippen molar-refractivity contribution in [2.45, 2.75) is 26.7 Å². The van der Waals surface area contributed by atoms with E-state index in [1.54, 1.807) is 12.1 Å². The Labute approximate surface area is 126 Å². The number of rotatable bonds is 4. The van der Waals surface area contributed by atoms with Crippen molar-refractivity contribution >= 4 is 11.5 Å². The Hall–Kier alpha value is -2.35. The van der Waals surface area contributed by atoms with Crippen molar-refractivity contribution in [3.63, 3.8) is 0 Å². The molecule has 1 unspecified atom stereocenters. The van der Waals surface area contributed by atoms with E-state index >= 15 is 0 Å². The third kappa shape index (κ3) is 3.82. The summed E-state index contributed by atoms with van der Waals surface area (Å²) in [5.74, 6) is 0.488. The lowest BCUT2D eigenvalue weighted by molar-refractivity contribution is -0.131. The number of carbonyl (C=O) groups is 1. The topological polar surface area (TPSA) is 26.3 Å². The van der Waals surface area contributed by atoms with E-state index in [1.807, 2.05) is 12.1 Å². The van der Waals surface area contributed by atoms with Gasteiger partial charge in [-0.15, -0.1) is 0 Å². The largest absolute Gasteiger partial charge is 0.427 e. The van der Waals surface area contributed by atoms with Gasteiger partial charge in [-0.2, -0.15) is 0 Å². The van der Waals surface area contributed by atoms with Crippen molar-refractivity contribution in [1.82, 2.24) is 0 Å². The van der Waals surface area contributed by atoms with Gasteiger partial charge in [0.1, 0.15) is 5.75 Å². The van der Waals surface area contributed by atoms with E-state index in [0.717, 1.165) is 11.1 Å². The van der Waals surface area contributed by atoms with Crippen molar-refractivity contribution < 1.29 is 9.53 Å². The highest BCUT2D eigenvalue weighted by Crippen LogP contribution is 2.31. The fourth-order valence-corrected chi connectivity index (χ4v) is 2.21. The van der Waals surface area contributed by atoms with E-state index in [1.165, 1.54) is 18.1 Å². The first-order valence-corrected chi connectivity index (χ1v) is 7.01. The van der Waals surface area contributed by atoms with E-state index in [2.05, 4.69) is 44.7 Å². The molecule has 0 spiro atoms. The van der Waals surface area contributed by atoms with Crippen LogP contribution in [0.1, 0.15) is 36.5 Å². The van der Waals surface area contributed by atoms with Gasteiger partial charge in [0.15, 0.2) is 0 Å². The molecule has 2 heteroatoms. The molecule has 1 atom stereocenters. The molecule has 2 rings (SSSR count). The van der Waals surface area contributed by atoms with Crippen LogP contribution in [0.15, 0.2) is 55.1 Å². The Morgan fingerprint density at radius 1 is 1.05 bits per heavy atom.